The molecule has 0 saturated carbocycles. The van der Waals surface area contributed by atoms with E-state index in [0.29, 0.717) is 36.8 Å². The van der Waals surface area contributed by atoms with Gasteiger partial charge in [-0.2, -0.15) is 0 Å². The van der Waals surface area contributed by atoms with Gasteiger partial charge in [0.05, 0.1) is 39.0 Å². The number of benzene rings is 2. The van der Waals surface area contributed by atoms with Gasteiger partial charge in [-0.1, -0.05) is 24.3 Å². The molecule has 3 aromatic rings. The average molecular weight is 424 g/mol. The maximum absolute atomic E-state index is 13.1. The Morgan fingerprint density at radius 2 is 1.87 bits per heavy atom. The molecule has 164 valence electrons. The molecule has 2 heterocycles. The number of aryl methyl sites for hydroxylation is 1. The Hall–Kier alpha value is -2.87. The van der Waals surface area contributed by atoms with Gasteiger partial charge < -0.3 is 23.9 Å². The molecule has 0 unspecified atom stereocenters. The first-order chi connectivity index (χ1) is 15.1. The van der Waals surface area contributed by atoms with Crippen molar-refractivity contribution in [1.82, 2.24) is 9.47 Å². The predicted octanol–water partition coefficient (Wildman–Crippen LogP) is 2.49. The Morgan fingerprint density at radius 3 is 2.61 bits per heavy atom. The Balaban J connectivity index is 1.74. The molecule has 0 radical (unpaired) electrons. The van der Waals surface area contributed by atoms with Crippen LogP contribution in [0, 0.1) is 0 Å². The summed E-state index contributed by atoms with van der Waals surface area (Å²) < 4.78 is 18.4. The second-order valence-electron chi connectivity index (χ2n) is 7.71. The number of fused-ring (bicyclic) bond motifs is 1. The first-order valence-electron chi connectivity index (χ1n) is 10.3. The van der Waals surface area contributed by atoms with Crippen LogP contribution < -0.4 is 15.0 Å². The summed E-state index contributed by atoms with van der Waals surface area (Å²) in [7, 11) is 4.99. The lowest BCUT2D eigenvalue weighted by atomic mass is 9.97. The molecule has 2 aromatic carbocycles. The van der Waals surface area contributed by atoms with Crippen molar-refractivity contribution in [2.45, 2.75) is 18.7 Å². The van der Waals surface area contributed by atoms with Crippen molar-refractivity contribution < 1.29 is 19.3 Å². The fourth-order valence-electron chi connectivity index (χ4n) is 4.40. The normalized spacial score (nSPS) is 19.5. The lowest BCUT2D eigenvalue weighted by Gasteiger charge is -2.41. The predicted molar refractivity (Wildman–Crippen MR) is 119 cm³/mol. The highest BCUT2D eigenvalue weighted by atomic mass is 16.5. The van der Waals surface area contributed by atoms with Gasteiger partial charge in [0.25, 0.3) is 5.56 Å². The van der Waals surface area contributed by atoms with Gasteiger partial charge in [-0.15, -0.1) is 0 Å². The van der Waals surface area contributed by atoms with E-state index >= 15 is 0 Å². The largest absolute Gasteiger partial charge is 0.493 e. The van der Waals surface area contributed by atoms with Crippen LogP contribution >= 0.6 is 0 Å². The van der Waals surface area contributed by atoms with Gasteiger partial charge in [0, 0.05) is 25.7 Å². The second kappa shape index (κ2) is 9.09. The highest BCUT2D eigenvalue weighted by molar-refractivity contribution is 5.79. The molecule has 1 N–H and O–H groups in total. The minimum atomic E-state index is -0.406. The molecule has 0 aliphatic carbocycles. The lowest BCUT2D eigenvalue weighted by Crippen LogP contribution is -2.47. The van der Waals surface area contributed by atoms with Gasteiger partial charge in [-0.05, 0) is 35.2 Å². The van der Waals surface area contributed by atoms with Crippen molar-refractivity contribution in [3.63, 3.8) is 0 Å². The van der Waals surface area contributed by atoms with E-state index < -0.39 is 6.10 Å². The van der Waals surface area contributed by atoms with E-state index in [2.05, 4.69) is 4.90 Å². The number of pyridine rings is 1. The number of ether oxygens (including phenoxy) is 3. The quantitative estimate of drug-likeness (QED) is 0.656. The second-order valence-corrected chi connectivity index (χ2v) is 7.71. The number of nitrogens with zero attached hydrogens (tertiary/aromatic N) is 2. The van der Waals surface area contributed by atoms with Crippen molar-refractivity contribution in [2.24, 2.45) is 7.05 Å². The third-order valence-electron chi connectivity index (χ3n) is 5.97. The lowest BCUT2D eigenvalue weighted by molar-refractivity contribution is -0.0962. The van der Waals surface area contributed by atoms with E-state index in [1.165, 1.54) is 0 Å². The molecular formula is C24H28N2O5. The monoisotopic (exact) mass is 424 g/mol. The number of aliphatic hydroxyl groups is 1. The fraction of sp³-hybridized carbons (Fsp3) is 0.375. The molecule has 1 fully saturated rings. The van der Waals surface area contributed by atoms with Crippen LogP contribution in [0.2, 0.25) is 0 Å². The zero-order valence-corrected chi connectivity index (χ0v) is 18.1. The van der Waals surface area contributed by atoms with E-state index in [1.807, 2.05) is 48.5 Å². The van der Waals surface area contributed by atoms with Gasteiger partial charge in [0.1, 0.15) is 6.10 Å². The summed E-state index contributed by atoms with van der Waals surface area (Å²) in [4.78, 5) is 15.2. The fourth-order valence-corrected chi connectivity index (χ4v) is 4.40. The zero-order valence-electron chi connectivity index (χ0n) is 18.1. The third-order valence-corrected chi connectivity index (χ3v) is 5.97. The third kappa shape index (κ3) is 4.04. The smallest absolute Gasteiger partial charge is 0.255 e. The Bertz CT molecular complexity index is 1130. The minimum Gasteiger partial charge on any atom is -0.493 e. The number of hydrogen-bond acceptors (Lipinski definition) is 6. The molecule has 1 aromatic heterocycles. The summed E-state index contributed by atoms with van der Waals surface area (Å²) in [6, 6.07) is 15.3. The summed E-state index contributed by atoms with van der Waals surface area (Å²) in [5, 5.41) is 11.0. The Kier molecular flexibility index (Phi) is 6.27. The topological polar surface area (TPSA) is 73.2 Å². The van der Waals surface area contributed by atoms with E-state index in [4.69, 9.17) is 14.2 Å². The van der Waals surface area contributed by atoms with E-state index in [0.717, 1.165) is 16.5 Å². The minimum absolute atomic E-state index is 0.0169. The number of rotatable bonds is 6. The van der Waals surface area contributed by atoms with Crippen molar-refractivity contribution >= 4 is 10.9 Å². The number of methoxy groups -OCH3 is 2. The molecule has 0 spiro atoms. The molecule has 1 saturated heterocycles. The van der Waals surface area contributed by atoms with E-state index in [1.54, 1.807) is 25.8 Å². The number of para-hydroxylation sites is 1. The Labute approximate surface area is 181 Å². The molecule has 2 atom stereocenters. The highest BCUT2D eigenvalue weighted by Gasteiger charge is 2.34. The van der Waals surface area contributed by atoms with E-state index in [-0.39, 0.29) is 18.2 Å². The first-order valence-corrected chi connectivity index (χ1v) is 10.3. The first kappa shape index (κ1) is 21.4. The van der Waals surface area contributed by atoms with Crippen LogP contribution in [0.3, 0.4) is 0 Å². The maximum atomic E-state index is 13.1. The van der Waals surface area contributed by atoms with Crippen molar-refractivity contribution in [1.29, 1.82) is 0 Å². The van der Waals surface area contributed by atoms with Crippen molar-refractivity contribution in [3.8, 4) is 11.5 Å². The van der Waals surface area contributed by atoms with Crippen molar-refractivity contribution in [2.75, 3.05) is 34.0 Å². The molecule has 31 heavy (non-hydrogen) atoms. The van der Waals surface area contributed by atoms with Crippen molar-refractivity contribution in [3.05, 3.63) is 70.0 Å². The van der Waals surface area contributed by atoms with Gasteiger partial charge >= 0.3 is 0 Å². The highest BCUT2D eigenvalue weighted by Crippen LogP contribution is 2.36. The molecule has 7 heteroatoms. The van der Waals surface area contributed by atoms with Gasteiger partial charge in [0.15, 0.2) is 11.5 Å². The van der Waals surface area contributed by atoms with Crippen LogP contribution in [0.15, 0.2) is 53.3 Å². The molecule has 0 amide bonds. The molecule has 0 bridgehead atoms. The molecule has 4 rings (SSSR count). The SMILES string of the molecule is COc1ccc([C@@H]2[C@@H](CO)OCCN2Cc2cc3ccccc3n(C)c2=O)cc1OC. The molecule has 7 nitrogen and oxygen atoms in total. The van der Waals surface area contributed by atoms with Gasteiger partial charge in [-0.25, -0.2) is 0 Å². The summed E-state index contributed by atoms with van der Waals surface area (Å²) in [6.45, 7) is 1.47. The summed E-state index contributed by atoms with van der Waals surface area (Å²) >= 11 is 0. The van der Waals surface area contributed by atoms with Gasteiger partial charge in [-0.3, -0.25) is 9.69 Å². The van der Waals surface area contributed by atoms with Gasteiger partial charge in [0.2, 0.25) is 0 Å². The molecule has 1 aliphatic heterocycles. The number of aliphatic hydroxyl groups excluding tert-OH is 1. The molecule has 1 aliphatic rings. The number of morpholine rings is 1. The van der Waals surface area contributed by atoms with Crippen LogP contribution in [0.1, 0.15) is 17.2 Å². The van der Waals surface area contributed by atoms with E-state index in [9.17, 15) is 9.90 Å². The number of aromatic nitrogens is 1. The Morgan fingerprint density at radius 1 is 1.10 bits per heavy atom. The average Bonchev–Trinajstić information content (AvgIpc) is 2.81. The van der Waals surface area contributed by atoms with Crippen LogP contribution in [0.25, 0.3) is 10.9 Å². The molecular weight excluding hydrogens is 396 g/mol. The number of hydrogen-bond donors (Lipinski definition) is 1. The summed E-state index contributed by atoms with van der Waals surface area (Å²) in [5.74, 6) is 1.25. The van der Waals surface area contributed by atoms with Crippen LogP contribution in [-0.4, -0.2) is 54.7 Å². The zero-order chi connectivity index (χ0) is 22.0. The van der Waals surface area contributed by atoms with Crippen LogP contribution in [-0.2, 0) is 18.3 Å². The summed E-state index contributed by atoms with van der Waals surface area (Å²) in [6.07, 6.45) is -0.406. The van der Waals surface area contributed by atoms with Crippen LogP contribution in [0.5, 0.6) is 11.5 Å². The standard InChI is InChI=1S/C24H28N2O5/c1-25-19-7-5-4-6-16(19)12-18(24(25)28)14-26-10-11-31-22(15-27)23(26)17-8-9-20(29-2)21(13-17)30-3/h4-9,12-13,22-23,27H,10-11,14-15H2,1-3H3/t22-,23-/m1/s1. The van der Waals surface area contributed by atoms with Crippen LogP contribution in [0.4, 0.5) is 0 Å². The maximum Gasteiger partial charge on any atom is 0.255 e. The summed E-state index contributed by atoms with van der Waals surface area (Å²) in [5.41, 5.74) is 2.54.